The molecule has 1 heterocycles. The maximum atomic E-state index is 11.1. The van der Waals surface area contributed by atoms with Crippen LogP contribution < -0.4 is 5.32 Å². The maximum Gasteiger partial charge on any atom is 0.243 e. The summed E-state index contributed by atoms with van der Waals surface area (Å²) in [5.41, 5.74) is 0. The lowest BCUT2D eigenvalue weighted by Crippen LogP contribution is -2.38. The molecule has 0 aromatic heterocycles. The molecule has 0 aromatic carbocycles. The Labute approximate surface area is 91.3 Å². The molecule has 4 nitrogen and oxygen atoms in total. The van der Waals surface area contributed by atoms with E-state index in [0.29, 0.717) is 0 Å². The summed E-state index contributed by atoms with van der Waals surface area (Å²) in [5.74, 6) is -0.000484. The first-order valence-electron chi connectivity index (χ1n) is 5.53. The van der Waals surface area contributed by atoms with Crippen LogP contribution in [-0.2, 0) is 9.53 Å². The fraction of sp³-hybridized carbons (Fsp3) is 0.727. The summed E-state index contributed by atoms with van der Waals surface area (Å²) in [6.45, 7) is 7.34. The molecule has 15 heavy (non-hydrogen) atoms. The van der Waals surface area contributed by atoms with E-state index in [1.807, 2.05) is 6.92 Å². The summed E-state index contributed by atoms with van der Waals surface area (Å²) in [7, 11) is 0. The van der Waals surface area contributed by atoms with Gasteiger partial charge in [0.2, 0.25) is 5.91 Å². The van der Waals surface area contributed by atoms with Crippen LogP contribution in [-0.4, -0.2) is 50.2 Å². The fourth-order valence-corrected chi connectivity index (χ4v) is 1.55. The second kappa shape index (κ2) is 7.43. The molecule has 4 heteroatoms. The first-order valence-corrected chi connectivity index (χ1v) is 5.53. The van der Waals surface area contributed by atoms with E-state index < -0.39 is 0 Å². The minimum Gasteiger partial charge on any atom is -0.379 e. The molecule has 1 rings (SSSR count). The molecule has 0 aromatic rings. The summed E-state index contributed by atoms with van der Waals surface area (Å²) in [5, 5.41) is 2.84. The van der Waals surface area contributed by atoms with Gasteiger partial charge in [0.25, 0.3) is 0 Å². The van der Waals surface area contributed by atoms with Gasteiger partial charge < -0.3 is 10.1 Å². The zero-order chi connectivity index (χ0) is 10.9. The highest BCUT2D eigenvalue weighted by Crippen LogP contribution is 1.97. The van der Waals surface area contributed by atoms with Crippen molar-refractivity contribution in [3.8, 4) is 0 Å². The normalized spacial score (nSPS) is 18.2. The number of amides is 1. The Morgan fingerprint density at radius 1 is 1.47 bits per heavy atom. The minimum absolute atomic E-state index is 0.000484. The van der Waals surface area contributed by atoms with Crippen molar-refractivity contribution >= 4 is 5.91 Å². The van der Waals surface area contributed by atoms with E-state index >= 15 is 0 Å². The van der Waals surface area contributed by atoms with Crippen molar-refractivity contribution in [2.45, 2.75) is 13.3 Å². The van der Waals surface area contributed by atoms with Gasteiger partial charge in [-0.3, -0.25) is 9.69 Å². The van der Waals surface area contributed by atoms with Gasteiger partial charge in [-0.05, 0) is 26.0 Å². The molecule has 1 N–H and O–H groups in total. The van der Waals surface area contributed by atoms with Crippen LogP contribution in [0.3, 0.4) is 0 Å². The number of nitrogens with zero attached hydrogens (tertiary/aromatic N) is 1. The second-order valence-electron chi connectivity index (χ2n) is 3.60. The van der Waals surface area contributed by atoms with Gasteiger partial charge in [0.05, 0.1) is 13.2 Å². The molecule has 1 aliphatic rings. The number of carbonyl (C=O) groups is 1. The van der Waals surface area contributed by atoms with E-state index in [4.69, 9.17) is 4.74 Å². The van der Waals surface area contributed by atoms with Gasteiger partial charge in [-0.2, -0.15) is 0 Å². The number of hydrogen-bond acceptors (Lipinski definition) is 3. The van der Waals surface area contributed by atoms with Gasteiger partial charge in [-0.15, -0.1) is 0 Å². The van der Waals surface area contributed by atoms with Crippen molar-refractivity contribution in [2.75, 3.05) is 39.4 Å². The predicted octanol–water partition coefficient (Wildman–Crippen LogP) is 0.401. The van der Waals surface area contributed by atoms with E-state index in [0.717, 1.165) is 45.8 Å². The Morgan fingerprint density at radius 3 is 2.87 bits per heavy atom. The summed E-state index contributed by atoms with van der Waals surface area (Å²) < 4.78 is 5.26. The molecule has 0 bridgehead atoms. The van der Waals surface area contributed by atoms with Crippen molar-refractivity contribution in [3.63, 3.8) is 0 Å². The fourth-order valence-electron chi connectivity index (χ4n) is 1.55. The van der Waals surface area contributed by atoms with Crippen molar-refractivity contribution < 1.29 is 9.53 Å². The minimum atomic E-state index is -0.000484. The third kappa shape index (κ3) is 5.54. The Balaban J connectivity index is 1.98. The SMILES string of the molecule is CC=CC(=O)NCCCN1CCOCC1. The van der Waals surface area contributed by atoms with Gasteiger partial charge in [-0.25, -0.2) is 0 Å². The van der Waals surface area contributed by atoms with Crippen LogP contribution in [0.25, 0.3) is 0 Å². The second-order valence-corrected chi connectivity index (χ2v) is 3.60. The lowest BCUT2D eigenvalue weighted by atomic mass is 10.3. The third-order valence-corrected chi connectivity index (χ3v) is 2.37. The van der Waals surface area contributed by atoms with E-state index in [2.05, 4.69) is 10.2 Å². The first kappa shape index (κ1) is 12.2. The zero-order valence-electron chi connectivity index (χ0n) is 9.37. The molecule has 1 saturated heterocycles. The highest BCUT2D eigenvalue weighted by molar-refractivity contribution is 5.87. The standard InChI is InChI=1S/C11H20N2O2/c1-2-4-11(14)12-5-3-6-13-7-9-15-10-8-13/h2,4H,3,5-10H2,1H3,(H,12,14). The van der Waals surface area contributed by atoms with Crippen LogP contribution in [0, 0.1) is 0 Å². The lowest BCUT2D eigenvalue weighted by molar-refractivity contribution is -0.116. The van der Waals surface area contributed by atoms with Crippen LogP contribution in [0.2, 0.25) is 0 Å². The number of morpholine rings is 1. The third-order valence-electron chi connectivity index (χ3n) is 2.37. The van der Waals surface area contributed by atoms with Gasteiger partial charge in [0, 0.05) is 19.6 Å². The summed E-state index contributed by atoms with van der Waals surface area (Å²) >= 11 is 0. The Kier molecular flexibility index (Phi) is 6.04. The van der Waals surface area contributed by atoms with Crippen molar-refractivity contribution in [1.82, 2.24) is 10.2 Å². The van der Waals surface area contributed by atoms with Crippen LogP contribution >= 0.6 is 0 Å². The molecule has 0 spiro atoms. The lowest BCUT2D eigenvalue weighted by Gasteiger charge is -2.26. The average molecular weight is 212 g/mol. The predicted molar refractivity (Wildman–Crippen MR) is 59.7 cm³/mol. The molecular formula is C11H20N2O2. The zero-order valence-corrected chi connectivity index (χ0v) is 9.37. The number of nitrogens with one attached hydrogen (secondary N) is 1. The average Bonchev–Trinajstić information content (AvgIpc) is 2.26. The van der Waals surface area contributed by atoms with Gasteiger partial charge in [0.1, 0.15) is 0 Å². The molecule has 0 saturated carbocycles. The number of allylic oxidation sites excluding steroid dienone is 1. The van der Waals surface area contributed by atoms with Crippen molar-refractivity contribution in [1.29, 1.82) is 0 Å². The Hall–Kier alpha value is -0.870. The molecular weight excluding hydrogens is 192 g/mol. The highest BCUT2D eigenvalue weighted by Gasteiger charge is 2.08. The molecule has 0 atom stereocenters. The van der Waals surface area contributed by atoms with Gasteiger partial charge >= 0.3 is 0 Å². The van der Waals surface area contributed by atoms with Crippen LogP contribution in [0.4, 0.5) is 0 Å². The van der Waals surface area contributed by atoms with Gasteiger partial charge in [0.15, 0.2) is 0 Å². The van der Waals surface area contributed by atoms with Crippen molar-refractivity contribution in [2.24, 2.45) is 0 Å². The number of rotatable bonds is 5. The number of carbonyl (C=O) groups excluding carboxylic acids is 1. The van der Waals surface area contributed by atoms with Crippen LogP contribution in [0.15, 0.2) is 12.2 Å². The molecule has 1 fully saturated rings. The molecule has 0 aliphatic carbocycles. The topological polar surface area (TPSA) is 41.6 Å². The molecule has 0 unspecified atom stereocenters. The number of hydrogen-bond donors (Lipinski definition) is 1. The van der Waals surface area contributed by atoms with Crippen LogP contribution in [0.1, 0.15) is 13.3 Å². The molecule has 1 amide bonds. The largest absolute Gasteiger partial charge is 0.379 e. The Bertz CT molecular complexity index is 211. The molecule has 0 radical (unpaired) electrons. The van der Waals surface area contributed by atoms with E-state index in [-0.39, 0.29) is 5.91 Å². The van der Waals surface area contributed by atoms with E-state index in [1.165, 1.54) is 0 Å². The first-order chi connectivity index (χ1) is 7.33. The summed E-state index contributed by atoms with van der Waals surface area (Å²) in [4.78, 5) is 13.4. The Morgan fingerprint density at radius 2 is 2.20 bits per heavy atom. The maximum absolute atomic E-state index is 11.1. The molecule has 86 valence electrons. The summed E-state index contributed by atoms with van der Waals surface area (Å²) in [6, 6.07) is 0. The van der Waals surface area contributed by atoms with Crippen LogP contribution in [0.5, 0.6) is 0 Å². The summed E-state index contributed by atoms with van der Waals surface area (Å²) in [6.07, 6.45) is 4.30. The smallest absolute Gasteiger partial charge is 0.243 e. The van der Waals surface area contributed by atoms with E-state index in [1.54, 1.807) is 12.2 Å². The van der Waals surface area contributed by atoms with E-state index in [9.17, 15) is 4.79 Å². The van der Waals surface area contributed by atoms with Gasteiger partial charge in [-0.1, -0.05) is 6.08 Å². The highest BCUT2D eigenvalue weighted by atomic mass is 16.5. The van der Waals surface area contributed by atoms with Crippen molar-refractivity contribution in [3.05, 3.63) is 12.2 Å². The quantitative estimate of drug-likeness (QED) is 0.530. The number of ether oxygens (including phenoxy) is 1. The monoisotopic (exact) mass is 212 g/mol. The molecule has 1 aliphatic heterocycles.